The van der Waals surface area contributed by atoms with Crippen LogP contribution in [0.3, 0.4) is 0 Å². The lowest BCUT2D eigenvalue weighted by Gasteiger charge is -2.13. The van der Waals surface area contributed by atoms with Crippen molar-refractivity contribution < 1.29 is 4.79 Å². The summed E-state index contributed by atoms with van der Waals surface area (Å²) in [6, 6.07) is 17.5. The molecule has 0 spiro atoms. The summed E-state index contributed by atoms with van der Waals surface area (Å²) in [5, 5.41) is 13.1. The minimum absolute atomic E-state index is 0.163. The van der Waals surface area contributed by atoms with Crippen molar-refractivity contribution in [3.05, 3.63) is 77.7 Å². The predicted octanol–water partition coefficient (Wildman–Crippen LogP) is 4.78. The highest BCUT2D eigenvalue weighted by molar-refractivity contribution is 7.99. The number of carbonyl (C=O) groups excluding carboxylic acids is 1. The van der Waals surface area contributed by atoms with E-state index in [4.69, 9.17) is 0 Å². The molecule has 7 heteroatoms. The Labute approximate surface area is 173 Å². The number of aryl methyl sites for hydroxylation is 2. The number of fused-ring (bicyclic) bond motifs is 1. The number of rotatable bonds is 5. The van der Waals surface area contributed by atoms with E-state index in [1.165, 1.54) is 0 Å². The molecule has 146 valence electrons. The average Bonchev–Trinajstić information content (AvgIpc) is 3.12. The highest BCUT2D eigenvalue weighted by Gasteiger charge is 2.14. The third-order valence-corrected chi connectivity index (χ3v) is 5.93. The molecular formula is C22H21N5OS. The van der Waals surface area contributed by atoms with Gasteiger partial charge in [0.15, 0.2) is 5.16 Å². The Bertz CT molecular complexity index is 1190. The van der Waals surface area contributed by atoms with Crippen molar-refractivity contribution >= 4 is 34.3 Å². The zero-order valence-electron chi connectivity index (χ0n) is 16.5. The van der Waals surface area contributed by atoms with Crippen molar-refractivity contribution in [1.29, 1.82) is 0 Å². The van der Waals surface area contributed by atoms with Gasteiger partial charge < -0.3 is 9.88 Å². The number of aromatic nitrogens is 4. The smallest absolute Gasteiger partial charge is 0.274 e. The Morgan fingerprint density at radius 2 is 1.97 bits per heavy atom. The first-order chi connectivity index (χ1) is 14.0. The number of hydrogen-bond acceptors (Lipinski definition) is 5. The van der Waals surface area contributed by atoms with Crippen molar-refractivity contribution in [3.8, 4) is 0 Å². The maximum absolute atomic E-state index is 12.8. The zero-order chi connectivity index (χ0) is 20.4. The topological polar surface area (TPSA) is 72.7 Å². The second-order valence-corrected chi connectivity index (χ2v) is 8.21. The Balaban J connectivity index is 1.53. The SMILES string of the molecule is Cc1cc(C(=O)Nc2cccc([C@H](C)Sc3nncn3C)c2)nc2ccccc12. The van der Waals surface area contributed by atoms with E-state index in [1.807, 2.05) is 73.1 Å². The number of carbonyl (C=O) groups is 1. The van der Waals surface area contributed by atoms with Crippen LogP contribution in [0, 0.1) is 6.92 Å². The van der Waals surface area contributed by atoms with E-state index in [1.54, 1.807) is 18.1 Å². The molecule has 0 unspecified atom stereocenters. The van der Waals surface area contributed by atoms with Crippen LogP contribution in [0.15, 0.2) is 66.1 Å². The Morgan fingerprint density at radius 3 is 2.76 bits per heavy atom. The number of para-hydroxylation sites is 1. The molecule has 0 fully saturated rings. The van der Waals surface area contributed by atoms with Gasteiger partial charge in [-0.25, -0.2) is 4.98 Å². The van der Waals surface area contributed by atoms with Gasteiger partial charge in [0.25, 0.3) is 5.91 Å². The van der Waals surface area contributed by atoms with Crippen LogP contribution in [-0.4, -0.2) is 25.7 Å². The molecule has 1 atom stereocenters. The van der Waals surface area contributed by atoms with Crippen molar-refractivity contribution in [2.45, 2.75) is 24.3 Å². The molecule has 0 radical (unpaired) electrons. The molecule has 2 heterocycles. The van der Waals surface area contributed by atoms with Crippen LogP contribution in [0.5, 0.6) is 0 Å². The maximum atomic E-state index is 12.8. The Kier molecular flexibility index (Phi) is 5.31. The lowest BCUT2D eigenvalue weighted by atomic mass is 10.1. The van der Waals surface area contributed by atoms with E-state index in [0.717, 1.165) is 32.9 Å². The summed E-state index contributed by atoms with van der Waals surface area (Å²) in [6.07, 6.45) is 1.68. The van der Waals surface area contributed by atoms with Crippen molar-refractivity contribution in [3.63, 3.8) is 0 Å². The summed E-state index contributed by atoms with van der Waals surface area (Å²) >= 11 is 1.62. The highest BCUT2D eigenvalue weighted by Crippen LogP contribution is 2.34. The van der Waals surface area contributed by atoms with Crippen LogP contribution < -0.4 is 5.32 Å². The molecule has 0 aliphatic heterocycles. The molecule has 0 aliphatic rings. The first kappa shape index (κ1) is 19.1. The van der Waals surface area contributed by atoms with Crippen LogP contribution in [0.25, 0.3) is 10.9 Å². The number of anilines is 1. The van der Waals surface area contributed by atoms with E-state index in [0.29, 0.717) is 5.69 Å². The Hall–Kier alpha value is -3.19. The first-order valence-corrected chi connectivity index (χ1v) is 10.2. The minimum Gasteiger partial charge on any atom is -0.321 e. The first-order valence-electron chi connectivity index (χ1n) is 9.29. The van der Waals surface area contributed by atoms with Gasteiger partial charge in [0.2, 0.25) is 0 Å². The summed E-state index contributed by atoms with van der Waals surface area (Å²) in [5.41, 5.74) is 4.10. The van der Waals surface area contributed by atoms with Gasteiger partial charge in [-0.15, -0.1) is 10.2 Å². The molecule has 2 aromatic carbocycles. The molecule has 1 N–H and O–H groups in total. The van der Waals surface area contributed by atoms with Gasteiger partial charge in [0.05, 0.1) is 5.52 Å². The second kappa shape index (κ2) is 8.05. The molecule has 29 heavy (non-hydrogen) atoms. The predicted molar refractivity (Wildman–Crippen MR) is 116 cm³/mol. The Morgan fingerprint density at radius 1 is 1.14 bits per heavy atom. The van der Waals surface area contributed by atoms with Crippen LogP contribution in [0.4, 0.5) is 5.69 Å². The molecule has 0 saturated heterocycles. The third kappa shape index (κ3) is 4.14. The molecule has 4 rings (SSSR count). The lowest BCUT2D eigenvalue weighted by molar-refractivity contribution is 0.102. The van der Waals surface area contributed by atoms with E-state index in [-0.39, 0.29) is 11.2 Å². The van der Waals surface area contributed by atoms with Gasteiger partial charge in [-0.05, 0) is 49.2 Å². The zero-order valence-corrected chi connectivity index (χ0v) is 17.3. The third-order valence-electron chi connectivity index (χ3n) is 4.72. The van der Waals surface area contributed by atoms with Crippen LogP contribution in [-0.2, 0) is 7.05 Å². The second-order valence-electron chi connectivity index (χ2n) is 6.91. The van der Waals surface area contributed by atoms with Crippen LogP contribution >= 0.6 is 11.8 Å². The summed E-state index contributed by atoms with van der Waals surface area (Å²) in [7, 11) is 1.92. The molecule has 4 aromatic rings. The molecule has 0 bridgehead atoms. The van der Waals surface area contributed by atoms with Crippen LogP contribution in [0.2, 0.25) is 0 Å². The van der Waals surface area contributed by atoms with E-state index in [9.17, 15) is 4.79 Å². The summed E-state index contributed by atoms with van der Waals surface area (Å²) < 4.78 is 1.89. The molecule has 1 amide bonds. The van der Waals surface area contributed by atoms with Gasteiger partial charge in [0, 0.05) is 23.4 Å². The van der Waals surface area contributed by atoms with Gasteiger partial charge in [-0.1, -0.05) is 42.1 Å². The summed E-state index contributed by atoms with van der Waals surface area (Å²) in [6.45, 7) is 4.10. The number of thioether (sulfide) groups is 1. The summed E-state index contributed by atoms with van der Waals surface area (Å²) in [4.78, 5) is 17.3. The number of amides is 1. The molecule has 0 aliphatic carbocycles. The lowest BCUT2D eigenvalue weighted by Crippen LogP contribution is -2.14. The fourth-order valence-corrected chi connectivity index (χ4v) is 4.04. The molecule has 2 aromatic heterocycles. The van der Waals surface area contributed by atoms with Gasteiger partial charge in [-0.2, -0.15) is 0 Å². The van der Waals surface area contributed by atoms with E-state index in [2.05, 4.69) is 27.4 Å². The number of nitrogens with one attached hydrogen (secondary N) is 1. The number of nitrogens with zero attached hydrogens (tertiary/aromatic N) is 4. The van der Waals surface area contributed by atoms with Crippen molar-refractivity contribution in [2.75, 3.05) is 5.32 Å². The fraction of sp³-hybridized carbons (Fsp3) is 0.182. The van der Waals surface area contributed by atoms with Gasteiger partial charge >= 0.3 is 0 Å². The molecule has 6 nitrogen and oxygen atoms in total. The van der Waals surface area contributed by atoms with E-state index >= 15 is 0 Å². The molecule has 0 saturated carbocycles. The molecular weight excluding hydrogens is 382 g/mol. The normalized spacial score (nSPS) is 12.1. The standard InChI is InChI=1S/C22H21N5OS/c1-14-11-20(25-19-10-5-4-9-18(14)19)21(28)24-17-8-6-7-16(12-17)15(2)29-22-26-23-13-27(22)3/h4-13,15H,1-3H3,(H,24,28)/t15-/m0/s1. The number of hydrogen-bond donors (Lipinski definition) is 1. The van der Waals surface area contributed by atoms with Crippen molar-refractivity contribution in [2.24, 2.45) is 7.05 Å². The summed E-state index contributed by atoms with van der Waals surface area (Å²) in [5.74, 6) is -0.218. The fourth-order valence-electron chi connectivity index (χ4n) is 3.14. The van der Waals surface area contributed by atoms with Gasteiger partial charge in [-0.3, -0.25) is 4.79 Å². The van der Waals surface area contributed by atoms with Gasteiger partial charge in [0.1, 0.15) is 12.0 Å². The highest BCUT2D eigenvalue weighted by atomic mass is 32.2. The van der Waals surface area contributed by atoms with Crippen molar-refractivity contribution in [1.82, 2.24) is 19.7 Å². The maximum Gasteiger partial charge on any atom is 0.274 e. The largest absolute Gasteiger partial charge is 0.321 e. The number of benzene rings is 2. The number of pyridine rings is 1. The quantitative estimate of drug-likeness (QED) is 0.486. The minimum atomic E-state index is -0.218. The average molecular weight is 404 g/mol. The van der Waals surface area contributed by atoms with E-state index < -0.39 is 0 Å². The van der Waals surface area contributed by atoms with Crippen LogP contribution in [0.1, 0.15) is 33.8 Å². The monoisotopic (exact) mass is 403 g/mol.